The zero-order chi connectivity index (χ0) is 64.1. The Morgan fingerprint density at radius 3 is 0.966 bits per heavy atom. The van der Waals surface area contributed by atoms with Gasteiger partial charge in [0.25, 0.3) is 0 Å². The van der Waals surface area contributed by atoms with Crippen molar-refractivity contribution in [2.75, 3.05) is 47.5 Å². The van der Waals surface area contributed by atoms with Crippen LogP contribution in [0, 0.1) is 0 Å². The van der Waals surface area contributed by atoms with E-state index in [1.807, 2.05) is 21.1 Å². The number of hydrogen-bond acceptors (Lipinski definition) is 7. The molecule has 0 aromatic rings. The first-order chi connectivity index (χ1) is 43.0. The number of allylic oxidation sites excluding steroid dienone is 22. The number of hydrogen-bond donors (Lipinski definition) is 1. The van der Waals surface area contributed by atoms with Crippen LogP contribution in [-0.2, 0) is 32.7 Å². The number of rotatable bonds is 65. The molecule has 2 atom stereocenters. The summed E-state index contributed by atoms with van der Waals surface area (Å²) >= 11 is 0. The SMILES string of the molecule is CC/C=C\C/C=C\C/C=C\C/C=C\C/C=C\C/C=C\C/C=C\C/C=C\C/C=C\C/C=C\C/C=C\CCCCCCCCCC(=O)OC(COC(=O)CCCCCCCCCCCCCCCCCCCCCCCCC)COP(=O)(O)OCC[N+](C)(C)C. The number of ether oxygens (including phenoxy) is 2. The second-order valence-electron chi connectivity index (χ2n) is 24.9. The first kappa shape index (κ1) is 84.2. The molecular formula is C78H135NO8P+. The smallest absolute Gasteiger partial charge is 0.462 e. The van der Waals surface area contributed by atoms with E-state index in [2.05, 4.69) is 148 Å². The predicted octanol–water partition coefficient (Wildman–Crippen LogP) is 23.6. The van der Waals surface area contributed by atoms with Gasteiger partial charge in [-0.3, -0.25) is 18.6 Å². The van der Waals surface area contributed by atoms with E-state index in [-0.39, 0.29) is 32.0 Å². The lowest BCUT2D eigenvalue weighted by atomic mass is 10.0. The first-order valence-electron chi connectivity index (χ1n) is 35.9. The highest BCUT2D eigenvalue weighted by molar-refractivity contribution is 7.47. The standard InChI is InChI=1S/C78H134NO8P/c1-6-8-10-12-14-16-18-20-22-24-26-28-30-31-32-33-34-35-36-37-38-39-40-41-42-43-44-45-46-47-49-51-53-55-57-59-61-63-65-67-69-71-78(81)87-76(75-86-88(82,83)85-73-72-79(3,4)5)74-84-77(80)70-68-66-64-62-60-58-56-54-52-50-48-29-27-25-23-21-19-17-15-13-11-9-7-2/h8,10,14,16,20,22,26,28,31-32,34-35,37-38,40-41,43-44,46-47,51,53,76H,6-7,9,11-13,15,17-19,21,23-25,27,29-30,33,36,39,42,45,48-50,52,54-75H2,1-5H3/p+1/b10-8-,16-14-,22-20-,28-26-,32-31-,35-34-,38-37-,41-40-,44-43-,47-46-,53-51-. The Bertz CT molecular complexity index is 1950. The van der Waals surface area contributed by atoms with Gasteiger partial charge in [0.05, 0.1) is 27.7 Å². The molecule has 9 nitrogen and oxygen atoms in total. The minimum atomic E-state index is -4.40. The van der Waals surface area contributed by atoms with Gasteiger partial charge in [0, 0.05) is 12.8 Å². The Kier molecular flexibility index (Phi) is 64.6. The number of nitrogens with zero attached hydrogens (tertiary/aromatic N) is 1. The Hall–Kier alpha value is -3.85. The number of phosphoric acid groups is 1. The zero-order valence-electron chi connectivity index (χ0n) is 57.4. The molecule has 0 aliphatic rings. The summed E-state index contributed by atoms with van der Waals surface area (Å²) in [6, 6.07) is 0. The third-order valence-electron chi connectivity index (χ3n) is 15.2. The summed E-state index contributed by atoms with van der Waals surface area (Å²) in [5.41, 5.74) is 0. The highest BCUT2D eigenvalue weighted by Gasteiger charge is 2.27. The number of phosphoric ester groups is 1. The van der Waals surface area contributed by atoms with Gasteiger partial charge >= 0.3 is 19.8 Å². The van der Waals surface area contributed by atoms with Crippen molar-refractivity contribution in [1.29, 1.82) is 0 Å². The molecule has 0 amide bonds. The lowest BCUT2D eigenvalue weighted by molar-refractivity contribution is -0.870. The molecule has 0 rings (SSSR count). The topological polar surface area (TPSA) is 108 Å². The molecule has 0 spiro atoms. The number of likely N-dealkylation sites (N-methyl/N-ethyl adjacent to an activating group) is 1. The summed E-state index contributed by atoms with van der Waals surface area (Å²) < 4.78 is 34.7. The van der Waals surface area contributed by atoms with Crippen LogP contribution in [-0.4, -0.2) is 74.9 Å². The fourth-order valence-corrected chi connectivity index (χ4v) is 10.5. The lowest BCUT2D eigenvalue weighted by Gasteiger charge is -2.24. The van der Waals surface area contributed by atoms with Gasteiger partial charge in [0.15, 0.2) is 6.10 Å². The van der Waals surface area contributed by atoms with E-state index in [0.717, 1.165) is 116 Å². The van der Waals surface area contributed by atoms with Gasteiger partial charge in [-0.2, -0.15) is 0 Å². The molecule has 0 aromatic heterocycles. The van der Waals surface area contributed by atoms with Gasteiger partial charge in [0.2, 0.25) is 0 Å². The van der Waals surface area contributed by atoms with Gasteiger partial charge in [-0.25, -0.2) is 4.57 Å². The van der Waals surface area contributed by atoms with E-state index in [0.29, 0.717) is 17.4 Å². The summed E-state index contributed by atoms with van der Waals surface area (Å²) in [4.78, 5) is 35.9. The quantitative estimate of drug-likeness (QED) is 0.0211. The van der Waals surface area contributed by atoms with E-state index in [1.165, 1.54) is 148 Å². The third kappa shape index (κ3) is 71.2. The Labute approximate surface area is 542 Å². The molecular weight excluding hydrogens is 1110 g/mol. The number of quaternary nitrogens is 1. The average Bonchev–Trinajstić information content (AvgIpc) is 3.58. The van der Waals surface area contributed by atoms with Gasteiger partial charge in [-0.05, 0) is 96.3 Å². The largest absolute Gasteiger partial charge is 0.472 e. The zero-order valence-corrected chi connectivity index (χ0v) is 58.3. The molecule has 0 radical (unpaired) electrons. The van der Waals surface area contributed by atoms with Crippen LogP contribution in [0.5, 0.6) is 0 Å². The Morgan fingerprint density at radius 1 is 0.364 bits per heavy atom. The minimum absolute atomic E-state index is 0.0249. The predicted molar refractivity (Wildman–Crippen MR) is 381 cm³/mol. The summed E-state index contributed by atoms with van der Waals surface area (Å²) in [5.74, 6) is -0.806. The monoisotopic (exact) mass is 1240 g/mol. The molecule has 88 heavy (non-hydrogen) atoms. The maximum Gasteiger partial charge on any atom is 0.472 e. The number of esters is 2. The Balaban J connectivity index is 4.11. The highest BCUT2D eigenvalue weighted by atomic mass is 31.2. The van der Waals surface area contributed by atoms with Crippen molar-refractivity contribution in [3.63, 3.8) is 0 Å². The number of unbranched alkanes of at least 4 members (excludes halogenated alkanes) is 29. The third-order valence-corrected chi connectivity index (χ3v) is 16.2. The van der Waals surface area contributed by atoms with Crippen LogP contribution in [0.4, 0.5) is 0 Å². The first-order valence-corrected chi connectivity index (χ1v) is 37.4. The van der Waals surface area contributed by atoms with Crippen molar-refractivity contribution in [3.8, 4) is 0 Å². The normalized spacial score (nSPS) is 13.9. The molecule has 0 aliphatic heterocycles. The van der Waals surface area contributed by atoms with Crippen LogP contribution < -0.4 is 0 Å². The fraction of sp³-hybridized carbons (Fsp3) is 0.692. The van der Waals surface area contributed by atoms with Crippen LogP contribution in [0.1, 0.15) is 296 Å². The van der Waals surface area contributed by atoms with Gasteiger partial charge in [0.1, 0.15) is 19.8 Å². The van der Waals surface area contributed by atoms with E-state index < -0.39 is 26.5 Å². The van der Waals surface area contributed by atoms with Crippen molar-refractivity contribution in [2.45, 2.75) is 302 Å². The van der Waals surface area contributed by atoms with E-state index in [1.54, 1.807) is 0 Å². The maximum absolute atomic E-state index is 12.9. The molecule has 0 saturated carbocycles. The summed E-state index contributed by atoms with van der Waals surface area (Å²) in [5, 5.41) is 0. The van der Waals surface area contributed by atoms with Crippen LogP contribution in [0.25, 0.3) is 0 Å². The maximum atomic E-state index is 12.9. The van der Waals surface area contributed by atoms with Crippen LogP contribution in [0.3, 0.4) is 0 Å². The highest BCUT2D eigenvalue weighted by Crippen LogP contribution is 2.43. The molecule has 504 valence electrons. The van der Waals surface area contributed by atoms with Crippen LogP contribution in [0.2, 0.25) is 0 Å². The van der Waals surface area contributed by atoms with Crippen LogP contribution in [0.15, 0.2) is 134 Å². The molecule has 0 fully saturated rings. The summed E-state index contributed by atoms with van der Waals surface area (Å²) in [6.07, 6.45) is 98.4. The molecule has 1 N–H and O–H groups in total. The molecule has 0 bridgehead atoms. The van der Waals surface area contributed by atoms with Gasteiger partial charge < -0.3 is 18.9 Å². The van der Waals surface area contributed by atoms with Crippen molar-refractivity contribution in [1.82, 2.24) is 0 Å². The molecule has 0 aromatic carbocycles. The molecule has 0 aliphatic carbocycles. The molecule has 0 heterocycles. The van der Waals surface area contributed by atoms with E-state index in [9.17, 15) is 19.0 Å². The lowest BCUT2D eigenvalue weighted by Crippen LogP contribution is -2.37. The average molecular weight is 1250 g/mol. The number of carbonyl (C=O) groups excluding carboxylic acids is 2. The van der Waals surface area contributed by atoms with Gasteiger partial charge in [-0.1, -0.05) is 321 Å². The molecule has 0 saturated heterocycles. The van der Waals surface area contributed by atoms with Crippen LogP contribution >= 0.6 is 7.82 Å². The molecule has 10 heteroatoms. The Morgan fingerprint density at radius 2 is 0.648 bits per heavy atom. The van der Waals surface area contributed by atoms with Crippen molar-refractivity contribution < 1.29 is 42.1 Å². The van der Waals surface area contributed by atoms with E-state index >= 15 is 0 Å². The summed E-state index contributed by atoms with van der Waals surface area (Å²) in [6.45, 7) is 4.33. The van der Waals surface area contributed by atoms with Crippen molar-refractivity contribution in [2.24, 2.45) is 0 Å². The molecule has 2 unspecified atom stereocenters. The van der Waals surface area contributed by atoms with Gasteiger partial charge in [-0.15, -0.1) is 0 Å². The second kappa shape index (κ2) is 67.5. The fourth-order valence-electron chi connectivity index (χ4n) is 9.73. The second-order valence-corrected chi connectivity index (χ2v) is 26.4. The van der Waals surface area contributed by atoms with Crippen molar-refractivity contribution >= 4 is 19.8 Å². The summed E-state index contributed by atoms with van der Waals surface area (Å²) in [7, 11) is 1.46. The number of carbonyl (C=O) groups is 2. The minimum Gasteiger partial charge on any atom is -0.462 e. The van der Waals surface area contributed by atoms with E-state index in [4.69, 9.17) is 18.5 Å². The van der Waals surface area contributed by atoms with Crippen molar-refractivity contribution in [3.05, 3.63) is 134 Å².